The van der Waals surface area contributed by atoms with Gasteiger partial charge in [-0.2, -0.15) is 4.31 Å². The van der Waals surface area contributed by atoms with Crippen LogP contribution in [-0.4, -0.2) is 30.4 Å². The van der Waals surface area contributed by atoms with Gasteiger partial charge in [0.15, 0.2) is 0 Å². The second kappa shape index (κ2) is 6.41. The summed E-state index contributed by atoms with van der Waals surface area (Å²) in [6, 6.07) is 12.1. The number of sulfonamides is 1. The number of hydrogen-bond acceptors (Lipinski definition) is 4. The third-order valence-electron chi connectivity index (χ3n) is 5.55. The predicted octanol–water partition coefficient (Wildman–Crippen LogP) is 4.55. The van der Waals surface area contributed by atoms with Crippen LogP contribution in [-0.2, 0) is 15.6 Å². The third-order valence-corrected chi connectivity index (χ3v) is 9.54. The van der Waals surface area contributed by atoms with Crippen molar-refractivity contribution in [2.75, 3.05) is 18.4 Å². The minimum atomic E-state index is -3.50. The highest BCUT2D eigenvalue weighted by Gasteiger charge is 2.44. The van der Waals surface area contributed by atoms with E-state index in [9.17, 15) is 12.8 Å². The van der Waals surface area contributed by atoms with Gasteiger partial charge in [0.1, 0.15) is 10.0 Å². The summed E-state index contributed by atoms with van der Waals surface area (Å²) in [5.74, 6) is -0.291. The number of nitrogens with zero attached hydrogens (tertiary/aromatic N) is 2. The molecule has 5 nitrogen and oxygen atoms in total. The maximum atomic E-state index is 13.8. The van der Waals surface area contributed by atoms with Gasteiger partial charge < -0.3 is 9.88 Å². The Kier molecular flexibility index (Phi) is 4.20. The Bertz CT molecular complexity index is 1160. The standard InChI is InChI=1S/C19H17BrFN3O2S2/c20-17-5-6-18(27-17)28(25,26)23-10-7-19(8-11-23)16-2-1-9-24(16)15-4-3-13(21)12-14(15)22-19/h1-6,9,12,22H,7-8,10-11H2. The molecule has 2 aliphatic heterocycles. The Hall–Kier alpha value is -1.68. The van der Waals surface area contributed by atoms with Gasteiger partial charge in [0.25, 0.3) is 10.0 Å². The number of anilines is 1. The molecule has 0 atom stereocenters. The average molecular weight is 482 g/mol. The summed E-state index contributed by atoms with van der Waals surface area (Å²) in [7, 11) is -3.50. The first-order valence-electron chi connectivity index (χ1n) is 8.91. The number of thiophene rings is 1. The minimum absolute atomic E-state index is 0.291. The van der Waals surface area contributed by atoms with Crippen LogP contribution >= 0.6 is 27.3 Å². The zero-order valence-electron chi connectivity index (χ0n) is 14.7. The average Bonchev–Trinajstić information content (AvgIpc) is 3.32. The first-order chi connectivity index (χ1) is 13.4. The van der Waals surface area contributed by atoms with Crippen LogP contribution < -0.4 is 5.32 Å². The van der Waals surface area contributed by atoms with Crippen LogP contribution in [0.25, 0.3) is 5.69 Å². The number of nitrogens with one attached hydrogen (secondary N) is 1. The van der Waals surface area contributed by atoms with Crippen LogP contribution in [0.2, 0.25) is 0 Å². The fourth-order valence-corrected chi connectivity index (χ4v) is 7.78. The van der Waals surface area contributed by atoms with Crippen molar-refractivity contribution in [2.24, 2.45) is 0 Å². The molecule has 28 heavy (non-hydrogen) atoms. The lowest BCUT2D eigenvalue weighted by atomic mass is 9.83. The number of rotatable bonds is 2. The Labute approximate surface area is 175 Å². The third kappa shape index (κ3) is 2.75. The van der Waals surface area contributed by atoms with Crippen molar-refractivity contribution >= 4 is 43.0 Å². The molecule has 9 heteroatoms. The number of fused-ring (bicyclic) bond motifs is 4. The SMILES string of the molecule is O=S(=O)(c1ccc(Br)s1)N1CCC2(CC1)Nc1cc(F)ccc1-n1cccc12. The molecule has 0 radical (unpaired) electrons. The largest absolute Gasteiger partial charge is 0.372 e. The van der Waals surface area contributed by atoms with Gasteiger partial charge in [-0.15, -0.1) is 11.3 Å². The molecule has 0 bridgehead atoms. The van der Waals surface area contributed by atoms with Gasteiger partial charge >= 0.3 is 0 Å². The molecule has 1 aromatic carbocycles. The van der Waals surface area contributed by atoms with Gasteiger partial charge in [0.05, 0.1) is 20.7 Å². The van der Waals surface area contributed by atoms with E-state index in [-0.39, 0.29) is 5.82 Å². The maximum Gasteiger partial charge on any atom is 0.252 e. The maximum absolute atomic E-state index is 13.8. The van der Waals surface area contributed by atoms with Gasteiger partial charge in [0, 0.05) is 25.0 Å². The number of benzene rings is 1. The first-order valence-corrected chi connectivity index (χ1v) is 12.0. The summed E-state index contributed by atoms with van der Waals surface area (Å²) in [6.07, 6.45) is 3.19. The lowest BCUT2D eigenvalue weighted by molar-refractivity contribution is 0.248. The summed E-state index contributed by atoms with van der Waals surface area (Å²) >= 11 is 4.56. The van der Waals surface area contributed by atoms with E-state index in [1.807, 2.05) is 12.3 Å². The summed E-state index contributed by atoms with van der Waals surface area (Å²) in [6.45, 7) is 0.807. The van der Waals surface area contributed by atoms with E-state index in [4.69, 9.17) is 0 Å². The quantitative estimate of drug-likeness (QED) is 0.584. The Morgan fingerprint density at radius 1 is 1.14 bits per heavy atom. The van der Waals surface area contributed by atoms with Crippen LogP contribution in [0.4, 0.5) is 10.1 Å². The second-order valence-corrected chi connectivity index (χ2v) is 11.7. The smallest absolute Gasteiger partial charge is 0.252 e. The molecule has 0 unspecified atom stereocenters. The van der Waals surface area contributed by atoms with Gasteiger partial charge in [-0.3, -0.25) is 0 Å². The molecule has 1 spiro atoms. The second-order valence-electron chi connectivity index (χ2n) is 7.09. The number of halogens is 2. The summed E-state index contributed by atoms with van der Waals surface area (Å²) in [4.78, 5) is 0. The highest BCUT2D eigenvalue weighted by atomic mass is 79.9. The lowest BCUT2D eigenvalue weighted by Gasteiger charge is -2.45. The van der Waals surface area contributed by atoms with E-state index >= 15 is 0 Å². The molecule has 1 fully saturated rings. The molecule has 4 heterocycles. The van der Waals surface area contributed by atoms with Gasteiger partial charge in [-0.05, 0) is 71.2 Å². The van der Waals surface area contributed by atoms with E-state index in [1.165, 1.54) is 23.5 Å². The van der Waals surface area contributed by atoms with Crippen LogP contribution in [0.1, 0.15) is 18.5 Å². The lowest BCUT2D eigenvalue weighted by Crippen LogP contribution is -2.50. The van der Waals surface area contributed by atoms with Gasteiger partial charge in [-0.1, -0.05) is 0 Å². The number of hydrogen-bond donors (Lipinski definition) is 1. The molecule has 1 saturated heterocycles. The molecule has 146 valence electrons. The highest BCUT2D eigenvalue weighted by molar-refractivity contribution is 9.11. The van der Waals surface area contributed by atoms with E-state index in [0.29, 0.717) is 30.1 Å². The Morgan fingerprint density at radius 2 is 1.93 bits per heavy atom. The van der Waals surface area contributed by atoms with Gasteiger partial charge in [-0.25, -0.2) is 12.8 Å². The Morgan fingerprint density at radius 3 is 2.64 bits per heavy atom. The van der Waals surface area contributed by atoms with E-state index in [2.05, 4.69) is 31.9 Å². The predicted molar refractivity (Wildman–Crippen MR) is 111 cm³/mol. The first kappa shape index (κ1) is 18.4. The normalized spacial score (nSPS) is 18.5. The zero-order chi connectivity index (χ0) is 19.5. The van der Waals surface area contributed by atoms with Crippen LogP contribution in [0.15, 0.2) is 56.7 Å². The number of piperidine rings is 1. The van der Waals surface area contributed by atoms with Crippen molar-refractivity contribution in [1.29, 1.82) is 0 Å². The highest BCUT2D eigenvalue weighted by Crippen LogP contribution is 2.44. The van der Waals surface area contributed by atoms with Crippen molar-refractivity contribution < 1.29 is 12.8 Å². The van der Waals surface area contributed by atoms with E-state index in [1.54, 1.807) is 22.5 Å². The van der Waals surface area contributed by atoms with Crippen molar-refractivity contribution in [1.82, 2.24) is 8.87 Å². The van der Waals surface area contributed by atoms with Crippen molar-refractivity contribution in [3.05, 3.63) is 64.0 Å². The molecule has 1 N–H and O–H groups in total. The van der Waals surface area contributed by atoms with Gasteiger partial charge in [0.2, 0.25) is 0 Å². The Balaban J connectivity index is 1.46. The monoisotopic (exact) mass is 481 g/mol. The molecule has 2 aromatic heterocycles. The zero-order valence-corrected chi connectivity index (χ0v) is 17.9. The van der Waals surface area contributed by atoms with Crippen molar-refractivity contribution in [2.45, 2.75) is 22.6 Å². The molecule has 5 rings (SSSR count). The van der Waals surface area contributed by atoms with E-state index in [0.717, 1.165) is 20.9 Å². The molecule has 0 aliphatic carbocycles. The topological polar surface area (TPSA) is 54.3 Å². The van der Waals surface area contributed by atoms with E-state index < -0.39 is 15.6 Å². The van der Waals surface area contributed by atoms with Crippen LogP contribution in [0.3, 0.4) is 0 Å². The fourth-order valence-electron chi connectivity index (χ4n) is 4.17. The molecule has 0 saturated carbocycles. The van der Waals surface area contributed by atoms with Crippen LogP contribution in [0, 0.1) is 5.82 Å². The number of aromatic nitrogens is 1. The molecule has 0 amide bonds. The van der Waals surface area contributed by atoms with Crippen molar-refractivity contribution in [3.8, 4) is 5.69 Å². The summed E-state index contributed by atoms with van der Waals surface area (Å²) < 4.78 is 44.5. The minimum Gasteiger partial charge on any atom is -0.372 e. The fraction of sp³-hybridized carbons (Fsp3) is 0.263. The van der Waals surface area contributed by atoms with Crippen molar-refractivity contribution in [3.63, 3.8) is 0 Å². The molecular weight excluding hydrogens is 465 g/mol. The molecular formula is C19H17BrFN3O2S2. The summed E-state index contributed by atoms with van der Waals surface area (Å²) in [5, 5.41) is 3.52. The van der Waals surface area contributed by atoms with Crippen LogP contribution in [0.5, 0.6) is 0 Å². The molecule has 3 aromatic rings. The molecule has 2 aliphatic rings. The summed E-state index contributed by atoms with van der Waals surface area (Å²) in [5.41, 5.74) is 2.32.